The minimum Gasteiger partial charge on any atom is -0.340 e. The molecule has 0 bridgehead atoms. The summed E-state index contributed by atoms with van der Waals surface area (Å²) in [5.74, 6) is -1.10. The Morgan fingerprint density at radius 3 is 2.03 bits per heavy atom. The Hall–Kier alpha value is -2.52. The average molecular weight is 446 g/mol. The molecule has 3 aliphatic rings. The molecule has 3 amide bonds. The molecule has 1 aliphatic carbocycles. The van der Waals surface area contributed by atoms with Gasteiger partial charge in [-0.15, -0.1) is 0 Å². The Labute approximate surface area is 182 Å². The van der Waals surface area contributed by atoms with Gasteiger partial charge in [-0.05, 0) is 31.9 Å². The number of amides is 3. The molecule has 2 fully saturated rings. The summed E-state index contributed by atoms with van der Waals surface area (Å²) in [6, 6.07) is 6.72. The number of benzene rings is 1. The Bertz CT molecular complexity index is 984. The second-order valence-electron chi connectivity index (χ2n) is 8.33. The van der Waals surface area contributed by atoms with Crippen molar-refractivity contribution in [3.8, 4) is 0 Å². The summed E-state index contributed by atoms with van der Waals surface area (Å²) < 4.78 is 27.0. The maximum atomic E-state index is 12.8. The first-order chi connectivity index (χ1) is 14.8. The largest absolute Gasteiger partial charge is 0.340 e. The number of rotatable bonds is 5. The van der Waals surface area contributed by atoms with Crippen LogP contribution >= 0.6 is 0 Å². The molecule has 0 aromatic heterocycles. The van der Waals surface area contributed by atoms with Gasteiger partial charge in [-0.2, -0.15) is 4.31 Å². The highest BCUT2D eigenvalue weighted by Gasteiger charge is 2.47. The van der Waals surface area contributed by atoms with Gasteiger partial charge in [0.2, 0.25) is 27.7 Å². The van der Waals surface area contributed by atoms with E-state index in [0.29, 0.717) is 25.9 Å². The number of imide groups is 1. The molecule has 9 heteroatoms. The highest BCUT2D eigenvalue weighted by molar-refractivity contribution is 7.89. The van der Waals surface area contributed by atoms with Gasteiger partial charge >= 0.3 is 0 Å². The number of allylic oxidation sites excluding steroid dienone is 2. The first-order valence-electron chi connectivity index (χ1n) is 10.6. The van der Waals surface area contributed by atoms with Crippen LogP contribution in [0.5, 0.6) is 0 Å². The van der Waals surface area contributed by atoms with E-state index in [0.717, 1.165) is 5.56 Å². The lowest BCUT2D eigenvalue weighted by Gasteiger charge is -2.34. The van der Waals surface area contributed by atoms with E-state index in [1.165, 1.54) is 9.21 Å². The number of fused-ring (bicyclic) bond motifs is 1. The molecular formula is C22H27N3O5S. The van der Waals surface area contributed by atoms with Gasteiger partial charge in [0.15, 0.2) is 0 Å². The zero-order valence-electron chi connectivity index (χ0n) is 17.6. The zero-order valence-corrected chi connectivity index (χ0v) is 18.4. The number of carbonyl (C=O) groups excluding carboxylic acids is 3. The van der Waals surface area contributed by atoms with Crippen molar-refractivity contribution in [2.45, 2.75) is 31.1 Å². The molecule has 0 saturated carbocycles. The average Bonchev–Trinajstić information content (AvgIpc) is 3.02. The SMILES string of the molecule is Cc1ccc(S(=O)(=O)N2CCN(C(=O)CCN3C(=O)C4CC=CCC4C3=O)CC2)cc1. The van der Waals surface area contributed by atoms with Gasteiger partial charge in [0.1, 0.15) is 0 Å². The summed E-state index contributed by atoms with van der Waals surface area (Å²) in [5.41, 5.74) is 0.986. The number of carbonyl (C=O) groups is 3. The molecule has 2 heterocycles. The first-order valence-corrected chi connectivity index (χ1v) is 12.1. The summed E-state index contributed by atoms with van der Waals surface area (Å²) in [5, 5.41) is 0. The van der Waals surface area contributed by atoms with E-state index in [-0.39, 0.29) is 60.5 Å². The fourth-order valence-electron chi connectivity index (χ4n) is 4.49. The fraction of sp³-hybridized carbons (Fsp3) is 0.500. The van der Waals surface area contributed by atoms with Gasteiger partial charge in [-0.25, -0.2) is 8.42 Å². The number of aryl methyl sites for hydroxylation is 1. The Morgan fingerprint density at radius 2 is 1.48 bits per heavy atom. The molecule has 1 aromatic rings. The van der Waals surface area contributed by atoms with E-state index in [4.69, 9.17) is 0 Å². The molecule has 31 heavy (non-hydrogen) atoms. The normalized spacial score (nSPS) is 24.5. The summed E-state index contributed by atoms with van der Waals surface area (Å²) in [6.45, 7) is 3.01. The molecule has 4 rings (SSSR count). The van der Waals surface area contributed by atoms with Crippen molar-refractivity contribution in [1.82, 2.24) is 14.1 Å². The number of nitrogens with zero attached hydrogens (tertiary/aromatic N) is 3. The van der Waals surface area contributed by atoms with Gasteiger partial charge in [0.25, 0.3) is 0 Å². The van der Waals surface area contributed by atoms with Gasteiger partial charge in [0, 0.05) is 39.1 Å². The van der Waals surface area contributed by atoms with Crippen molar-refractivity contribution in [3.05, 3.63) is 42.0 Å². The van der Waals surface area contributed by atoms with E-state index in [2.05, 4.69) is 0 Å². The van der Waals surface area contributed by atoms with Crippen LogP contribution in [0.25, 0.3) is 0 Å². The maximum Gasteiger partial charge on any atom is 0.243 e. The second kappa shape index (κ2) is 8.55. The van der Waals surface area contributed by atoms with Crippen molar-refractivity contribution in [3.63, 3.8) is 0 Å². The molecule has 8 nitrogen and oxygen atoms in total. The van der Waals surface area contributed by atoms with Crippen LogP contribution in [0, 0.1) is 18.8 Å². The van der Waals surface area contributed by atoms with Crippen LogP contribution in [-0.4, -0.2) is 73.0 Å². The highest BCUT2D eigenvalue weighted by atomic mass is 32.2. The standard InChI is InChI=1S/C22H27N3O5S/c1-16-6-8-17(9-7-16)31(29,30)24-14-12-23(13-15-24)20(26)10-11-25-21(27)18-4-2-3-5-19(18)22(25)28/h2-3,6-9,18-19H,4-5,10-15H2,1H3. The molecule has 0 N–H and O–H groups in total. The van der Waals surface area contributed by atoms with Crippen molar-refractivity contribution in [2.24, 2.45) is 11.8 Å². The third-order valence-corrected chi connectivity index (χ3v) is 8.31. The lowest BCUT2D eigenvalue weighted by molar-refractivity contribution is -0.141. The molecular weight excluding hydrogens is 418 g/mol. The second-order valence-corrected chi connectivity index (χ2v) is 10.3. The summed E-state index contributed by atoms with van der Waals surface area (Å²) in [7, 11) is -3.59. The summed E-state index contributed by atoms with van der Waals surface area (Å²) >= 11 is 0. The Kier molecular flexibility index (Phi) is 5.98. The molecule has 2 saturated heterocycles. The Balaban J connectivity index is 1.30. The van der Waals surface area contributed by atoms with Crippen LogP contribution in [0.2, 0.25) is 0 Å². The van der Waals surface area contributed by atoms with Gasteiger partial charge in [-0.3, -0.25) is 19.3 Å². The fourth-order valence-corrected chi connectivity index (χ4v) is 5.91. The van der Waals surface area contributed by atoms with E-state index < -0.39 is 10.0 Å². The number of hydrogen-bond donors (Lipinski definition) is 0. The summed E-state index contributed by atoms with van der Waals surface area (Å²) in [6.07, 6.45) is 5.10. The first kappa shape index (κ1) is 21.7. The lowest BCUT2D eigenvalue weighted by atomic mass is 9.85. The smallest absolute Gasteiger partial charge is 0.243 e. The van der Waals surface area contributed by atoms with Gasteiger partial charge < -0.3 is 4.90 Å². The van der Waals surface area contributed by atoms with Gasteiger partial charge in [0.05, 0.1) is 16.7 Å². The van der Waals surface area contributed by atoms with Crippen molar-refractivity contribution in [2.75, 3.05) is 32.7 Å². The van der Waals surface area contributed by atoms with Crippen molar-refractivity contribution in [1.29, 1.82) is 0 Å². The predicted octanol–water partition coefficient (Wildman–Crippen LogP) is 1.17. The lowest BCUT2D eigenvalue weighted by Crippen LogP contribution is -2.51. The minimum atomic E-state index is -3.59. The van der Waals surface area contributed by atoms with Crippen LogP contribution < -0.4 is 0 Å². The number of likely N-dealkylation sites (tertiary alicyclic amines) is 1. The molecule has 2 unspecified atom stereocenters. The van der Waals surface area contributed by atoms with E-state index >= 15 is 0 Å². The minimum absolute atomic E-state index is 0.0645. The van der Waals surface area contributed by atoms with Crippen LogP contribution in [0.3, 0.4) is 0 Å². The van der Waals surface area contributed by atoms with Gasteiger partial charge in [-0.1, -0.05) is 29.8 Å². The number of hydrogen-bond acceptors (Lipinski definition) is 5. The Morgan fingerprint density at radius 1 is 0.935 bits per heavy atom. The van der Waals surface area contributed by atoms with Crippen molar-refractivity contribution < 1.29 is 22.8 Å². The monoisotopic (exact) mass is 445 g/mol. The topological polar surface area (TPSA) is 95.1 Å². The molecule has 1 aromatic carbocycles. The molecule has 2 atom stereocenters. The third kappa shape index (κ3) is 4.16. The van der Waals surface area contributed by atoms with Crippen LogP contribution in [-0.2, 0) is 24.4 Å². The highest BCUT2D eigenvalue weighted by Crippen LogP contribution is 2.35. The summed E-state index contributed by atoms with van der Waals surface area (Å²) in [4.78, 5) is 40.8. The predicted molar refractivity (Wildman–Crippen MR) is 113 cm³/mol. The molecule has 2 aliphatic heterocycles. The van der Waals surface area contributed by atoms with E-state index in [1.54, 1.807) is 29.2 Å². The zero-order chi connectivity index (χ0) is 22.2. The molecule has 166 valence electrons. The van der Waals surface area contributed by atoms with Crippen LogP contribution in [0.15, 0.2) is 41.3 Å². The quantitative estimate of drug-likeness (QED) is 0.501. The molecule has 0 radical (unpaired) electrons. The van der Waals surface area contributed by atoms with Crippen LogP contribution in [0.4, 0.5) is 0 Å². The number of sulfonamides is 1. The maximum absolute atomic E-state index is 12.8. The molecule has 0 spiro atoms. The number of piperazine rings is 1. The van der Waals surface area contributed by atoms with Crippen LogP contribution in [0.1, 0.15) is 24.8 Å². The third-order valence-electron chi connectivity index (χ3n) is 6.40. The van der Waals surface area contributed by atoms with E-state index in [9.17, 15) is 22.8 Å². The van der Waals surface area contributed by atoms with Crippen molar-refractivity contribution >= 4 is 27.7 Å². The van der Waals surface area contributed by atoms with E-state index in [1.807, 2.05) is 19.1 Å².